The van der Waals surface area contributed by atoms with E-state index in [4.69, 9.17) is 5.73 Å². The Morgan fingerprint density at radius 1 is 1.47 bits per heavy atom. The lowest BCUT2D eigenvalue weighted by Gasteiger charge is -2.08. The number of carbonyl (C=O) groups is 1. The molecule has 0 aromatic carbocycles. The number of nitrogens with one attached hydrogen (secondary N) is 1. The van der Waals surface area contributed by atoms with E-state index in [0.29, 0.717) is 10.6 Å². The van der Waals surface area contributed by atoms with E-state index < -0.39 is 0 Å². The lowest BCUT2D eigenvalue weighted by molar-refractivity contribution is 0.0833. The molecule has 0 spiro atoms. The molecule has 1 aromatic rings. The molecule has 1 amide bonds. The van der Waals surface area contributed by atoms with Crippen molar-refractivity contribution in [1.29, 1.82) is 0 Å². The first-order chi connectivity index (χ1) is 8.06. The maximum atomic E-state index is 11.8. The predicted molar refractivity (Wildman–Crippen MR) is 74.8 cm³/mol. The van der Waals surface area contributed by atoms with Gasteiger partial charge in [0.1, 0.15) is 4.88 Å². The van der Waals surface area contributed by atoms with Gasteiger partial charge in [0.25, 0.3) is 5.91 Å². The summed E-state index contributed by atoms with van der Waals surface area (Å²) in [7, 11) is 3.46. The number of rotatable bonds is 6. The molecule has 0 saturated carbocycles. The Balaban J connectivity index is 2.59. The van der Waals surface area contributed by atoms with Gasteiger partial charge in [0.2, 0.25) is 0 Å². The van der Waals surface area contributed by atoms with Crippen molar-refractivity contribution < 1.29 is 4.79 Å². The number of thiophene rings is 1. The van der Waals surface area contributed by atoms with E-state index in [1.165, 1.54) is 24.2 Å². The van der Waals surface area contributed by atoms with Crippen molar-refractivity contribution in [3.63, 3.8) is 0 Å². The molecule has 1 aromatic heterocycles. The minimum Gasteiger partial charge on any atom is -0.397 e. The van der Waals surface area contributed by atoms with Crippen LogP contribution in [0.5, 0.6) is 0 Å². The van der Waals surface area contributed by atoms with Crippen molar-refractivity contribution in [2.45, 2.75) is 26.2 Å². The average Bonchev–Trinajstić information content (AvgIpc) is 2.65. The standard InChI is InChI=1S/C12H21N3OS/c1-4-5-6-7-14-10-8-9(13)11(17-10)12(16)15(2)3/h8,14H,4-7,13H2,1-3H3. The van der Waals surface area contributed by atoms with E-state index in [9.17, 15) is 4.79 Å². The summed E-state index contributed by atoms with van der Waals surface area (Å²) in [5, 5.41) is 4.28. The van der Waals surface area contributed by atoms with Crippen LogP contribution in [0, 0.1) is 0 Å². The molecule has 1 rings (SSSR count). The maximum Gasteiger partial charge on any atom is 0.265 e. The topological polar surface area (TPSA) is 58.4 Å². The summed E-state index contributed by atoms with van der Waals surface area (Å²) >= 11 is 1.43. The molecule has 96 valence electrons. The number of nitrogens with two attached hydrogens (primary N) is 1. The van der Waals surface area contributed by atoms with Crippen LogP contribution in [0.3, 0.4) is 0 Å². The number of amides is 1. The number of hydrogen-bond acceptors (Lipinski definition) is 4. The number of nitrogens with zero attached hydrogens (tertiary/aromatic N) is 1. The van der Waals surface area contributed by atoms with Crippen LogP contribution in [0.4, 0.5) is 10.7 Å². The molecule has 0 saturated heterocycles. The fourth-order valence-electron chi connectivity index (χ4n) is 1.45. The zero-order valence-corrected chi connectivity index (χ0v) is 11.6. The third-order valence-electron chi connectivity index (χ3n) is 2.44. The van der Waals surface area contributed by atoms with Crippen LogP contribution >= 0.6 is 11.3 Å². The first kappa shape index (κ1) is 13.8. The summed E-state index contributed by atoms with van der Waals surface area (Å²) in [5.74, 6) is -0.0332. The van der Waals surface area contributed by atoms with Gasteiger partial charge in [-0.3, -0.25) is 4.79 Å². The molecule has 0 atom stereocenters. The lowest BCUT2D eigenvalue weighted by atomic mass is 10.2. The molecule has 0 aliphatic rings. The summed E-state index contributed by atoms with van der Waals surface area (Å²) in [4.78, 5) is 13.9. The molecule has 0 unspecified atom stereocenters. The normalized spacial score (nSPS) is 10.3. The maximum absolute atomic E-state index is 11.8. The monoisotopic (exact) mass is 255 g/mol. The predicted octanol–water partition coefficient (Wildman–Crippen LogP) is 2.63. The zero-order chi connectivity index (χ0) is 12.8. The Hall–Kier alpha value is -1.23. The molecule has 3 N–H and O–H groups in total. The third-order valence-corrected chi connectivity index (χ3v) is 3.54. The summed E-state index contributed by atoms with van der Waals surface area (Å²) in [6.07, 6.45) is 3.57. The molecule has 0 radical (unpaired) electrons. The quantitative estimate of drug-likeness (QED) is 0.768. The first-order valence-corrected chi connectivity index (χ1v) is 6.72. The van der Waals surface area contributed by atoms with E-state index in [0.717, 1.165) is 18.0 Å². The Labute approximate surface area is 107 Å². The van der Waals surface area contributed by atoms with Gasteiger partial charge in [0.05, 0.1) is 10.7 Å². The Morgan fingerprint density at radius 2 is 2.18 bits per heavy atom. The molecule has 5 heteroatoms. The Kier molecular flexibility index (Phi) is 5.28. The van der Waals surface area contributed by atoms with Gasteiger partial charge in [0.15, 0.2) is 0 Å². The van der Waals surface area contributed by atoms with Crippen LogP contribution in [-0.4, -0.2) is 31.4 Å². The van der Waals surface area contributed by atoms with E-state index in [-0.39, 0.29) is 5.91 Å². The van der Waals surface area contributed by atoms with Crippen LogP contribution in [-0.2, 0) is 0 Å². The molecule has 0 aliphatic carbocycles. The molecule has 17 heavy (non-hydrogen) atoms. The summed E-state index contributed by atoms with van der Waals surface area (Å²) in [6, 6.07) is 1.84. The first-order valence-electron chi connectivity index (χ1n) is 5.91. The number of carbonyl (C=O) groups excluding carboxylic acids is 1. The number of nitrogen functional groups attached to an aromatic ring is 1. The molecule has 0 aliphatic heterocycles. The van der Waals surface area contributed by atoms with Gasteiger partial charge in [-0.05, 0) is 12.5 Å². The fraction of sp³-hybridized carbons (Fsp3) is 0.583. The van der Waals surface area contributed by atoms with Gasteiger partial charge in [0, 0.05) is 20.6 Å². The van der Waals surface area contributed by atoms with Gasteiger partial charge in [-0.2, -0.15) is 0 Å². The van der Waals surface area contributed by atoms with Crippen molar-refractivity contribution in [2.24, 2.45) is 0 Å². The third kappa shape index (κ3) is 3.93. The number of anilines is 2. The average molecular weight is 255 g/mol. The molecule has 1 heterocycles. The molecule has 0 fully saturated rings. The van der Waals surface area contributed by atoms with Gasteiger partial charge in [-0.1, -0.05) is 19.8 Å². The highest BCUT2D eigenvalue weighted by Crippen LogP contribution is 2.29. The van der Waals surface area contributed by atoms with Gasteiger partial charge in [-0.25, -0.2) is 0 Å². The zero-order valence-electron chi connectivity index (χ0n) is 10.7. The van der Waals surface area contributed by atoms with Gasteiger partial charge >= 0.3 is 0 Å². The van der Waals surface area contributed by atoms with E-state index in [1.807, 2.05) is 6.07 Å². The highest BCUT2D eigenvalue weighted by molar-refractivity contribution is 7.18. The molecular weight excluding hydrogens is 234 g/mol. The van der Waals surface area contributed by atoms with Crippen LogP contribution in [0.2, 0.25) is 0 Å². The molecular formula is C12H21N3OS. The van der Waals surface area contributed by atoms with Gasteiger partial charge in [-0.15, -0.1) is 11.3 Å². The summed E-state index contributed by atoms with van der Waals surface area (Å²) in [5.41, 5.74) is 6.40. The Morgan fingerprint density at radius 3 is 2.76 bits per heavy atom. The minimum atomic E-state index is -0.0332. The highest BCUT2D eigenvalue weighted by Gasteiger charge is 2.15. The van der Waals surface area contributed by atoms with Crippen LogP contribution in [0.25, 0.3) is 0 Å². The molecule has 4 nitrogen and oxygen atoms in total. The van der Waals surface area contributed by atoms with E-state index in [2.05, 4.69) is 12.2 Å². The summed E-state index contributed by atoms with van der Waals surface area (Å²) < 4.78 is 0. The van der Waals surface area contributed by atoms with Crippen molar-refractivity contribution >= 4 is 27.9 Å². The van der Waals surface area contributed by atoms with Crippen LogP contribution < -0.4 is 11.1 Å². The lowest BCUT2D eigenvalue weighted by Crippen LogP contribution is -2.21. The highest BCUT2D eigenvalue weighted by atomic mass is 32.1. The second-order valence-corrected chi connectivity index (χ2v) is 5.28. The number of unbranched alkanes of at least 4 members (excludes halogenated alkanes) is 2. The van der Waals surface area contributed by atoms with Crippen molar-refractivity contribution in [2.75, 3.05) is 31.7 Å². The summed E-state index contributed by atoms with van der Waals surface area (Å²) in [6.45, 7) is 3.11. The van der Waals surface area contributed by atoms with Crippen molar-refractivity contribution in [3.8, 4) is 0 Å². The van der Waals surface area contributed by atoms with Crippen molar-refractivity contribution in [3.05, 3.63) is 10.9 Å². The second kappa shape index (κ2) is 6.49. The van der Waals surface area contributed by atoms with E-state index in [1.54, 1.807) is 19.0 Å². The van der Waals surface area contributed by atoms with Gasteiger partial charge < -0.3 is 16.0 Å². The number of hydrogen-bond donors (Lipinski definition) is 2. The smallest absolute Gasteiger partial charge is 0.265 e. The van der Waals surface area contributed by atoms with Crippen LogP contribution in [0.1, 0.15) is 35.9 Å². The minimum absolute atomic E-state index is 0.0332. The second-order valence-electron chi connectivity index (χ2n) is 4.23. The van der Waals surface area contributed by atoms with Crippen LogP contribution in [0.15, 0.2) is 6.07 Å². The largest absolute Gasteiger partial charge is 0.397 e. The van der Waals surface area contributed by atoms with Crippen molar-refractivity contribution in [1.82, 2.24) is 4.90 Å². The molecule has 0 bridgehead atoms. The SMILES string of the molecule is CCCCCNc1cc(N)c(C(=O)N(C)C)s1. The van der Waals surface area contributed by atoms with E-state index >= 15 is 0 Å². The fourth-order valence-corrected chi connectivity index (χ4v) is 2.48. The Bertz CT molecular complexity index is 374.